The molecule has 0 spiro atoms. The molecule has 0 amide bonds. The number of nitrogens with zero attached hydrogens (tertiary/aromatic N) is 1. The fourth-order valence-corrected chi connectivity index (χ4v) is 1.19. The number of hydrogen-bond donors (Lipinski definition) is 1. The lowest BCUT2D eigenvalue weighted by atomic mass is 9.98. The minimum atomic E-state index is 0.0468. The van der Waals surface area contributed by atoms with Crippen molar-refractivity contribution in [2.75, 3.05) is 0 Å². The number of halogens is 1. The molecule has 0 fully saturated rings. The summed E-state index contributed by atoms with van der Waals surface area (Å²) in [6, 6.07) is 3.76. The summed E-state index contributed by atoms with van der Waals surface area (Å²) in [6.45, 7) is 4.16. The molecule has 0 bridgehead atoms. The van der Waals surface area contributed by atoms with Crippen LogP contribution in [0.15, 0.2) is 18.3 Å². The molecule has 0 saturated carbocycles. The Morgan fingerprint density at radius 2 is 2.17 bits per heavy atom. The Bertz CT molecular complexity index is 260. The van der Waals surface area contributed by atoms with Crippen molar-refractivity contribution in [3.05, 3.63) is 29.0 Å². The van der Waals surface area contributed by atoms with Crippen LogP contribution in [0, 0.1) is 5.92 Å². The van der Waals surface area contributed by atoms with Gasteiger partial charge in [0.05, 0.1) is 0 Å². The van der Waals surface area contributed by atoms with Crippen molar-refractivity contribution in [3.8, 4) is 0 Å². The maximum atomic E-state index is 5.92. The highest BCUT2D eigenvalue weighted by Gasteiger charge is 2.10. The van der Waals surface area contributed by atoms with E-state index >= 15 is 0 Å². The van der Waals surface area contributed by atoms with E-state index in [0.29, 0.717) is 11.1 Å². The van der Waals surface area contributed by atoms with Gasteiger partial charge in [0, 0.05) is 12.2 Å². The summed E-state index contributed by atoms with van der Waals surface area (Å²) in [5.74, 6) is 0.420. The second-order valence-corrected chi connectivity index (χ2v) is 3.57. The molecule has 0 radical (unpaired) electrons. The van der Waals surface area contributed by atoms with Crippen LogP contribution in [0.2, 0.25) is 5.15 Å². The van der Waals surface area contributed by atoms with Gasteiger partial charge in [0.2, 0.25) is 0 Å². The molecule has 2 N–H and O–H groups in total. The molecule has 3 heteroatoms. The zero-order chi connectivity index (χ0) is 9.14. The highest BCUT2D eigenvalue weighted by Crippen LogP contribution is 2.19. The van der Waals surface area contributed by atoms with Gasteiger partial charge < -0.3 is 5.73 Å². The van der Waals surface area contributed by atoms with Crippen LogP contribution in [0.1, 0.15) is 25.5 Å². The summed E-state index contributed by atoms with van der Waals surface area (Å²) < 4.78 is 0. The summed E-state index contributed by atoms with van der Waals surface area (Å²) >= 11 is 5.73. The van der Waals surface area contributed by atoms with Gasteiger partial charge in [0.15, 0.2) is 0 Å². The maximum Gasteiger partial charge on any atom is 0.129 e. The molecule has 0 aliphatic heterocycles. The Kier molecular flexibility index (Phi) is 3.06. The average Bonchev–Trinajstić information content (AvgIpc) is 2.03. The molecule has 0 unspecified atom stereocenters. The van der Waals surface area contributed by atoms with E-state index in [1.165, 1.54) is 0 Å². The van der Waals surface area contributed by atoms with Crippen molar-refractivity contribution in [2.24, 2.45) is 11.7 Å². The van der Waals surface area contributed by atoms with Crippen LogP contribution in [0.5, 0.6) is 0 Å². The molecule has 66 valence electrons. The smallest absolute Gasteiger partial charge is 0.129 e. The molecular formula is C9H13ClN2. The molecular weight excluding hydrogens is 172 g/mol. The van der Waals surface area contributed by atoms with Crippen molar-refractivity contribution in [3.63, 3.8) is 0 Å². The minimum Gasteiger partial charge on any atom is -0.324 e. The number of nitrogens with two attached hydrogens (primary N) is 1. The molecule has 0 aromatic carbocycles. The number of pyridine rings is 1. The second kappa shape index (κ2) is 3.87. The third-order valence-electron chi connectivity index (χ3n) is 1.85. The predicted octanol–water partition coefficient (Wildman–Crippen LogP) is 2.39. The first-order valence-electron chi connectivity index (χ1n) is 3.98. The number of rotatable bonds is 2. The molecule has 1 rings (SSSR count). The Morgan fingerprint density at radius 1 is 1.50 bits per heavy atom. The number of hydrogen-bond acceptors (Lipinski definition) is 2. The van der Waals surface area contributed by atoms with Gasteiger partial charge >= 0.3 is 0 Å². The molecule has 0 aliphatic carbocycles. The molecule has 0 saturated heterocycles. The molecule has 1 aromatic rings. The molecule has 2 nitrogen and oxygen atoms in total. The van der Waals surface area contributed by atoms with Gasteiger partial charge in [-0.25, -0.2) is 4.98 Å². The Labute approximate surface area is 77.8 Å². The van der Waals surface area contributed by atoms with E-state index in [4.69, 9.17) is 17.3 Å². The fraction of sp³-hybridized carbons (Fsp3) is 0.444. The fourth-order valence-electron chi connectivity index (χ4n) is 1.01. The lowest BCUT2D eigenvalue weighted by Crippen LogP contribution is -2.16. The van der Waals surface area contributed by atoms with Gasteiger partial charge in [-0.05, 0) is 23.6 Å². The van der Waals surface area contributed by atoms with Crippen LogP contribution < -0.4 is 5.73 Å². The van der Waals surface area contributed by atoms with Gasteiger partial charge in [-0.1, -0.05) is 25.4 Å². The first-order chi connectivity index (χ1) is 5.61. The van der Waals surface area contributed by atoms with E-state index < -0.39 is 0 Å². The van der Waals surface area contributed by atoms with Crippen molar-refractivity contribution < 1.29 is 0 Å². The Hall–Kier alpha value is -0.600. The average molecular weight is 185 g/mol. The summed E-state index contributed by atoms with van der Waals surface area (Å²) in [6.07, 6.45) is 1.68. The van der Waals surface area contributed by atoms with Crippen LogP contribution in [0.3, 0.4) is 0 Å². The third kappa shape index (κ3) is 2.19. The van der Waals surface area contributed by atoms with Gasteiger partial charge in [-0.2, -0.15) is 0 Å². The van der Waals surface area contributed by atoms with Crippen molar-refractivity contribution in [1.82, 2.24) is 4.98 Å². The van der Waals surface area contributed by atoms with Crippen molar-refractivity contribution >= 4 is 11.6 Å². The van der Waals surface area contributed by atoms with Crippen LogP contribution in [-0.4, -0.2) is 4.98 Å². The SMILES string of the molecule is CC(C)[C@H](N)c1ccnc(Cl)c1. The van der Waals surface area contributed by atoms with Crippen LogP contribution in [0.25, 0.3) is 0 Å². The maximum absolute atomic E-state index is 5.92. The van der Waals surface area contributed by atoms with E-state index in [1.54, 1.807) is 6.20 Å². The summed E-state index contributed by atoms with van der Waals surface area (Å²) in [5.41, 5.74) is 6.97. The first kappa shape index (κ1) is 9.49. The lowest BCUT2D eigenvalue weighted by Gasteiger charge is -2.15. The third-order valence-corrected chi connectivity index (χ3v) is 2.06. The summed E-state index contributed by atoms with van der Waals surface area (Å²) in [5, 5.41) is 0.503. The van der Waals surface area contributed by atoms with E-state index in [2.05, 4.69) is 18.8 Å². The van der Waals surface area contributed by atoms with E-state index in [-0.39, 0.29) is 6.04 Å². The Morgan fingerprint density at radius 3 is 2.67 bits per heavy atom. The molecule has 1 aromatic heterocycles. The molecule has 1 atom stereocenters. The standard InChI is InChI=1S/C9H13ClN2/c1-6(2)9(11)7-3-4-12-8(10)5-7/h3-6,9H,11H2,1-2H3/t9-/m0/s1. The molecule has 0 aliphatic rings. The summed E-state index contributed by atoms with van der Waals surface area (Å²) in [4.78, 5) is 3.89. The topological polar surface area (TPSA) is 38.9 Å². The van der Waals surface area contributed by atoms with Crippen molar-refractivity contribution in [1.29, 1.82) is 0 Å². The predicted molar refractivity (Wildman–Crippen MR) is 51.0 cm³/mol. The second-order valence-electron chi connectivity index (χ2n) is 3.18. The minimum absolute atomic E-state index is 0.0468. The zero-order valence-electron chi connectivity index (χ0n) is 7.29. The molecule has 1 heterocycles. The monoisotopic (exact) mass is 184 g/mol. The Balaban J connectivity index is 2.88. The van der Waals surface area contributed by atoms with E-state index in [0.717, 1.165) is 5.56 Å². The zero-order valence-corrected chi connectivity index (χ0v) is 8.05. The van der Waals surface area contributed by atoms with Crippen molar-refractivity contribution in [2.45, 2.75) is 19.9 Å². The van der Waals surface area contributed by atoms with Gasteiger partial charge in [-0.3, -0.25) is 0 Å². The van der Waals surface area contributed by atoms with Gasteiger partial charge in [-0.15, -0.1) is 0 Å². The largest absolute Gasteiger partial charge is 0.324 e. The van der Waals surface area contributed by atoms with Gasteiger partial charge in [0.25, 0.3) is 0 Å². The number of aromatic nitrogens is 1. The van der Waals surface area contributed by atoms with Crippen LogP contribution >= 0.6 is 11.6 Å². The first-order valence-corrected chi connectivity index (χ1v) is 4.36. The van der Waals surface area contributed by atoms with Gasteiger partial charge in [0.1, 0.15) is 5.15 Å². The highest BCUT2D eigenvalue weighted by atomic mass is 35.5. The van der Waals surface area contributed by atoms with Crippen LogP contribution in [0.4, 0.5) is 0 Å². The van der Waals surface area contributed by atoms with E-state index in [1.807, 2.05) is 12.1 Å². The van der Waals surface area contributed by atoms with E-state index in [9.17, 15) is 0 Å². The highest BCUT2D eigenvalue weighted by molar-refractivity contribution is 6.29. The van der Waals surface area contributed by atoms with Crippen LogP contribution in [-0.2, 0) is 0 Å². The quantitative estimate of drug-likeness (QED) is 0.717. The summed E-state index contributed by atoms with van der Waals surface area (Å²) in [7, 11) is 0. The normalized spacial score (nSPS) is 13.4. The molecule has 12 heavy (non-hydrogen) atoms. The lowest BCUT2D eigenvalue weighted by molar-refractivity contribution is 0.514.